The third kappa shape index (κ3) is 5.09. The second-order valence-corrected chi connectivity index (χ2v) is 10.4. The summed E-state index contributed by atoms with van der Waals surface area (Å²) in [5, 5.41) is 3.86. The molecule has 2 aromatic carbocycles. The van der Waals surface area contributed by atoms with Gasteiger partial charge < -0.3 is 9.39 Å². The highest BCUT2D eigenvalue weighted by Crippen LogP contribution is 2.49. The van der Waals surface area contributed by atoms with Crippen molar-refractivity contribution in [3.63, 3.8) is 0 Å². The van der Waals surface area contributed by atoms with Gasteiger partial charge in [0.05, 0.1) is 5.71 Å². The van der Waals surface area contributed by atoms with Crippen LogP contribution in [0.5, 0.6) is 0 Å². The first-order chi connectivity index (χ1) is 16.0. The van der Waals surface area contributed by atoms with Gasteiger partial charge in [0, 0.05) is 40.4 Å². The molecule has 0 spiro atoms. The second-order valence-electron chi connectivity index (χ2n) is 8.30. The fourth-order valence-corrected chi connectivity index (χ4v) is 5.67. The second kappa shape index (κ2) is 9.70. The molecule has 182 valence electrons. The van der Waals surface area contributed by atoms with E-state index in [4.69, 9.17) is 32.2 Å². The molecular weight excluding hydrogens is 514 g/mol. The summed E-state index contributed by atoms with van der Waals surface area (Å²) >= 11 is 10.6. The summed E-state index contributed by atoms with van der Waals surface area (Å²) in [7, 11) is 0. The van der Waals surface area contributed by atoms with Gasteiger partial charge in [-0.3, -0.25) is 4.79 Å². The van der Waals surface area contributed by atoms with Crippen LogP contribution in [0.15, 0.2) is 41.6 Å². The van der Waals surface area contributed by atoms with Crippen molar-refractivity contribution in [3.05, 3.63) is 68.7 Å². The van der Waals surface area contributed by atoms with Crippen LogP contribution >= 0.6 is 23.2 Å². The number of nitrogens with zero attached hydrogens (tertiary/aromatic N) is 1. The highest BCUT2D eigenvalue weighted by atomic mass is 35.5. The molecule has 2 aliphatic rings. The van der Waals surface area contributed by atoms with Gasteiger partial charge in [0.25, 0.3) is 5.60 Å². The number of aryl methyl sites for hydroxylation is 1. The predicted molar refractivity (Wildman–Crippen MR) is 124 cm³/mol. The lowest BCUT2D eigenvalue weighted by Crippen LogP contribution is -2.42. The normalized spacial score (nSPS) is 24.7. The zero-order valence-corrected chi connectivity index (χ0v) is 20.3. The van der Waals surface area contributed by atoms with Crippen molar-refractivity contribution in [2.75, 3.05) is 5.75 Å². The molecule has 3 atom stereocenters. The smallest absolute Gasteiger partial charge is 0.435 e. The molecule has 0 N–H and O–H groups in total. The molecule has 4 rings (SSSR count). The largest absolute Gasteiger partial charge is 0.586 e. The summed E-state index contributed by atoms with van der Waals surface area (Å²) in [4.78, 5) is 17.7. The molecule has 11 heteroatoms. The van der Waals surface area contributed by atoms with Crippen molar-refractivity contribution < 1.29 is 31.5 Å². The molecule has 1 saturated heterocycles. The molecule has 2 aromatic rings. The number of alkyl halides is 3. The third-order valence-corrected chi connectivity index (χ3v) is 7.41. The topological polar surface area (TPSA) is 71.0 Å². The number of hydrogen-bond acceptors (Lipinski definition) is 5. The molecule has 0 aliphatic carbocycles. The molecule has 2 heterocycles. The Hall–Kier alpha value is -1.78. The molecule has 0 amide bonds. The maximum Gasteiger partial charge on any atom is 0.435 e. The van der Waals surface area contributed by atoms with Crippen LogP contribution in [0.25, 0.3) is 0 Å². The number of hydrogen-bond donors (Lipinski definition) is 0. The van der Waals surface area contributed by atoms with Gasteiger partial charge in [-0.25, -0.2) is 0 Å². The Bertz CT molecular complexity index is 1120. The Balaban J connectivity index is 1.52. The lowest BCUT2D eigenvalue weighted by atomic mass is 9.86. The quantitative estimate of drug-likeness (QED) is 0.322. The molecule has 2 aliphatic heterocycles. The van der Waals surface area contributed by atoms with Crippen LogP contribution in [0, 0.1) is 6.92 Å². The van der Waals surface area contributed by atoms with E-state index in [0.29, 0.717) is 35.3 Å². The monoisotopic (exact) mass is 533 g/mol. The summed E-state index contributed by atoms with van der Waals surface area (Å²) in [5.41, 5.74) is -1.38. The molecule has 5 nitrogen and oxygen atoms in total. The summed E-state index contributed by atoms with van der Waals surface area (Å²) < 4.78 is 59.1. The van der Waals surface area contributed by atoms with Gasteiger partial charge in [0.15, 0.2) is 5.78 Å². The number of oxime groups is 1. The molecular formula is C23H20Cl2F3NO4S. The Kier molecular flexibility index (Phi) is 7.22. The fourth-order valence-electron chi connectivity index (χ4n) is 4.10. The summed E-state index contributed by atoms with van der Waals surface area (Å²) in [6.45, 7) is 1.71. The van der Waals surface area contributed by atoms with Crippen molar-refractivity contribution in [1.82, 2.24) is 0 Å². The maximum atomic E-state index is 14.2. The standard InChI is InChI=1S/C23H20Cl2F3NO4S/c1-13-8-14(2-4-19(13)21(30)5-3-18-6-7-34(31)32-18)20-12-22(33-29-20,23(26,27)28)15-9-16(24)11-17(25)10-15/h2,4,8-11,18H,3,5-7,12H2,1H3. The number of carbonyl (C=O) groups is 1. The molecule has 34 heavy (non-hydrogen) atoms. The van der Waals surface area contributed by atoms with Crippen LogP contribution in [0.1, 0.15) is 52.7 Å². The minimum Gasteiger partial charge on any atom is -0.586 e. The molecule has 1 fully saturated rings. The van der Waals surface area contributed by atoms with E-state index in [9.17, 15) is 22.5 Å². The lowest BCUT2D eigenvalue weighted by Gasteiger charge is -2.29. The molecule has 3 unspecified atom stereocenters. The first kappa shape index (κ1) is 25.3. The molecule has 0 radical (unpaired) electrons. The van der Waals surface area contributed by atoms with E-state index in [1.165, 1.54) is 6.07 Å². The minimum atomic E-state index is -4.79. The van der Waals surface area contributed by atoms with E-state index in [0.717, 1.165) is 12.1 Å². The van der Waals surface area contributed by atoms with Crippen molar-refractivity contribution >= 4 is 46.2 Å². The summed E-state index contributed by atoms with van der Waals surface area (Å²) in [6.07, 6.45) is -4.23. The van der Waals surface area contributed by atoms with E-state index >= 15 is 0 Å². The van der Waals surface area contributed by atoms with E-state index in [1.807, 2.05) is 0 Å². The Morgan fingerprint density at radius 1 is 1.24 bits per heavy atom. The van der Waals surface area contributed by atoms with Crippen LogP contribution in [0.2, 0.25) is 10.0 Å². The Labute approximate surface area is 207 Å². The number of rotatable bonds is 6. The zero-order valence-electron chi connectivity index (χ0n) is 18.0. The van der Waals surface area contributed by atoms with Crippen LogP contribution in [0.3, 0.4) is 0 Å². The zero-order chi connectivity index (χ0) is 24.7. The number of benzene rings is 2. The molecule has 0 aromatic heterocycles. The van der Waals surface area contributed by atoms with E-state index in [1.54, 1.807) is 25.1 Å². The highest BCUT2D eigenvalue weighted by Gasteiger charge is 2.62. The fraction of sp³-hybridized carbons (Fsp3) is 0.391. The van der Waals surface area contributed by atoms with Crippen molar-refractivity contribution in [2.45, 2.75) is 50.5 Å². The van der Waals surface area contributed by atoms with Gasteiger partial charge >= 0.3 is 6.18 Å². The van der Waals surface area contributed by atoms with E-state index in [2.05, 4.69) is 5.16 Å². The Morgan fingerprint density at radius 2 is 1.94 bits per heavy atom. The molecule has 0 saturated carbocycles. The highest BCUT2D eigenvalue weighted by molar-refractivity contribution is 7.86. The first-order valence-electron chi connectivity index (χ1n) is 10.5. The van der Waals surface area contributed by atoms with Crippen LogP contribution < -0.4 is 0 Å². The van der Waals surface area contributed by atoms with Crippen molar-refractivity contribution in [3.8, 4) is 0 Å². The van der Waals surface area contributed by atoms with Gasteiger partial charge in [-0.15, -0.1) is 0 Å². The van der Waals surface area contributed by atoms with E-state index < -0.39 is 29.7 Å². The van der Waals surface area contributed by atoms with Gasteiger partial charge in [-0.2, -0.15) is 17.4 Å². The number of carbonyl (C=O) groups excluding carboxylic acids is 1. The molecule has 0 bridgehead atoms. The number of halogens is 5. The first-order valence-corrected chi connectivity index (χ1v) is 12.5. The van der Waals surface area contributed by atoms with Gasteiger partial charge in [-0.05, 0) is 48.7 Å². The predicted octanol–water partition coefficient (Wildman–Crippen LogP) is 6.30. The third-order valence-electron chi connectivity index (χ3n) is 5.92. The summed E-state index contributed by atoms with van der Waals surface area (Å²) in [6, 6.07) is 8.42. The maximum absolute atomic E-state index is 14.2. The van der Waals surface area contributed by atoms with Crippen molar-refractivity contribution in [2.24, 2.45) is 5.16 Å². The summed E-state index contributed by atoms with van der Waals surface area (Å²) in [5.74, 6) is 0.352. The number of ketones is 1. The van der Waals surface area contributed by atoms with E-state index in [-0.39, 0.29) is 39.6 Å². The van der Waals surface area contributed by atoms with Crippen LogP contribution in [-0.4, -0.2) is 34.1 Å². The number of Topliss-reactive ketones (excluding diaryl/α,β-unsaturated/α-hetero) is 1. The van der Waals surface area contributed by atoms with Gasteiger partial charge in [0.1, 0.15) is 23.3 Å². The average molecular weight is 534 g/mol. The minimum absolute atomic E-state index is 0.0520. The average Bonchev–Trinajstić information content (AvgIpc) is 3.38. The van der Waals surface area contributed by atoms with Crippen molar-refractivity contribution in [1.29, 1.82) is 0 Å². The Morgan fingerprint density at radius 3 is 2.53 bits per heavy atom. The van der Waals surface area contributed by atoms with Gasteiger partial charge in [0.2, 0.25) is 0 Å². The lowest BCUT2D eigenvalue weighted by molar-refractivity contribution is -0.275. The van der Waals surface area contributed by atoms with Crippen LogP contribution in [0.4, 0.5) is 13.2 Å². The van der Waals surface area contributed by atoms with Gasteiger partial charge in [-0.1, -0.05) is 40.5 Å². The van der Waals surface area contributed by atoms with Crippen LogP contribution in [-0.2, 0) is 26.1 Å². The SMILES string of the molecule is Cc1cc(C2=NOC(c3cc(Cl)cc(Cl)c3)(C(F)(F)F)C2)ccc1C(=O)CCC1CC[S+]([O-])O1.